The van der Waals surface area contributed by atoms with Gasteiger partial charge in [-0.3, -0.25) is 9.59 Å². The van der Waals surface area contributed by atoms with Crippen LogP contribution in [0, 0.1) is 6.92 Å². The van der Waals surface area contributed by atoms with Crippen molar-refractivity contribution in [1.82, 2.24) is 9.80 Å². The molecule has 1 fully saturated rings. The van der Waals surface area contributed by atoms with E-state index in [4.69, 9.17) is 9.47 Å². The molecule has 0 radical (unpaired) electrons. The van der Waals surface area contributed by atoms with Crippen LogP contribution in [-0.2, 0) is 9.59 Å². The zero-order valence-corrected chi connectivity index (χ0v) is 19.2. The van der Waals surface area contributed by atoms with Crippen molar-refractivity contribution < 1.29 is 24.2 Å². The monoisotopic (exact) mass is 438 g/mol. The van der Waals surface area contributed by atoms with Crippen LogP contribution in [0.5, 0.6) is 11.5 Å². The summed E-state index contributed by atoms with van der Waals surface area (Å²) in [7, 11) is 6.94. The summed E-state index contributed by atoms with van der Waals surface area (Å²) in [6, 6.07) is 11.9. The first kappa shape index (κ1) is 23.3. The van der Waals surface area contributed by atoms with E-state index in [2.05, 4.69) is 0 Å². The van der Waals surface area contributed by atoms with Gasteiger partial charge in [-0.25, -0.2) is 0 Å². The number of carbonyl (C=O) groups excluding carboxylic acids is 2. The lowest BCUT2D eigenvalue weighted by molar-refractivity contribution is -0.139. The number of likely N-dealkylation sites (tertiary alicyclic amines) is 1. The highest BCUT2D eigenvalue weighted by Crippen LogP contribution is 2.40. The zero-order chi connectivity index (χ0) is 23.4. The first-order valence-electron chi connectivity index (χ1n) is 10.5. The number of hydrogen-bond acceptors (Lipinski definition) is 6. The molecule has 7 nitrogen and oxygen atoms in total. The third-order valence-corrected chi connectivity index (χ3v) is 5.56. The number of nitrogens with zero attached hydrogens (tertiary/aromatic N) is 2. The van der Waals surface area contributed by atoms with E-state index in [0.717, 1.165) is 17.7 Å². The standard InChI is InChI=1S/C25H30N2O5/c1-16-8-6-9-17(14-16)22-21(24(29)25(30)27(22)13-7-12-26(2)3)23(28)18-10-11-19(31-4)20(15-18)32-5/h6,8-11,14-15,22,28H,7,12-13H2,1-5H3/b23-21-. The first-order valence-corrected chi connectivity index (χ1v) is 10.5. The molecule has 2 aromatic carbocycles. The molecular weight excluding hydrogens is 408 g/mol. The number of Topliss-reactive ketones (excluding diaryl/α,β-unsaturated/α-hetero) is 1. The van der Waals surface area contributed by atoms with Crippen LogP contribution in [-0.4, -0.2) is 68.0 Å². The fraction of sp³-hybridized carbons (Fsp3) is 0.360. The van der Waals surface area contributed by atoms with E-state index in [1.54, 1.807) is 23.1 Å². The highest BCUT2D eigenvalue weighted by Gasteiger charge is 2.45. The Morgan fingerprint density at radius 3 is 2.41 bits per heavy atom. The lowest BCUT2D eigenvalue weighted by Crippen LogP contribution is -2.32. The molecule has 0 aliphatic carbocycles. The largest absolute Gasteiger partial charge is 0.507 e. The molecule has 0 bridgehead atoms. The molecule has 32 heavy (non-hydrogen) atoms. The van der Waals surface area contributed by atoms with Crippen molar-refractivity contribution >= 4 is 17.4 Å². The van der Waals surface area contributed by atoms with Crippen LogP contribution in [0.15, 0.2) is 48.0 Å². The summed E-state index contributed by atoms with van der Waals surface area (Å²) in [6.45, 7) is 3.14. The van der Waals surface area contributed by atoms with Crippen molar-refractivity contribution in [3.05, 3.63) is 64.7 Å². The minimum absolute atomic E-state index is 0.0812. The van der Waals surface area contributed by atoms with Crippen LogP contribution < -0.4 is 9.47 Å². The number of benzene rings is 2. The summed E-state index contributed by atoms with van der Waals surface area (Å²) in [5.41, 5.74) is 2.26. The van der Waals surface area contributed by atoms with Gasteiger partial charge in [-0.1, -0.05) is 29.8 Å². The van der Waals surface area contributed by atoms with E-state index in [9.17, 15) is 14.7 Å². The Kier molecular flexibility index (Phi) is 7.20. The second-order valence-electron chi connectivity index (χ2n) is 8.13. The van der Waals surface area contributed by atoms with Gasteiger partial charge in [0.05, 0.1) is 25.8 Å². The normalized spacial score (nSPS) is 17.8. The van der Waals surface area contributed by atoms with Gasteiger partial charge in [0.1, 0.15) is 5.76 Å². The van der Waals surface area contributed by atoms with E-state index in [0.29, 0.717) is 30.0 Å². The predicted octanol–water partition coefficient (Wildman–Crippen LogP) is 3.39. The number of aliphatic hydroxyl groups excluding tert-OH is 1. The van der Waals surface area contributed by atoms with Crippen molar-refractivity contribution in [1.29, 1.82) is 0 Å². The van der Waals surface area contributed by atoms with Crippen LogP contribution in [0.25, 0.3) is 5.76 Å². The van der Waals surface area contributed by atoms with Gasteiger partial charge in [0, 0.05) is 12.1 Å². The summed E-state index contributed by atoms with van der Waals surface area (Å²) in [5, 5.41) is 11.2. The molecule has 0 saturated carbocycles. The average molecular weight is 439 g/mol. The van der Waals surface area contributed by atoms with Crippen LogP contribution in [0.4, 0.5) is 0 Å². The van der Waals surface area contributed by atoms with Crippen LogP contribution >= 0.6 is 0 Å². The molecule has 1 amide bonds. The van der Waals surface area contributed by atoms with Crippen molar-refractivity contribution in [3.8, 4) is 11.5 Å². The van der Waals surface area contributed by atoms with E-state index < -0.39 is 17.7 Å². The van der Waals surface area contributed by atoms with E-state index >= 15 is 0 Å². The topological polar surface area (TPSA) is 79.3 Å². The number of methoxy groups -OCH3 is 2. The Morgan fingerprint density at radius 1 is 1.06 bits per heavy atom. The van der Waals surface area contributed by atoms with Crippen molar-refractivity contribution in [3.63, 3.8) is 0 Å². The molecule has 170 valence electrons. The maximum Gasteiger partial charge on any atom is 0.295 e. The van der Waals surface area contributed by atoms with Gasteiger partial charge >= 0.3 is 0 Å². The number of hydrogen-bond donors (Lipinski definition) is 1. The maximum atomic E-state index is 13.1. The molecule has 1 N–H and O–H groups in total. The summed E-state index contributed by atoms with van der Waals surface area (Å²) in [6.07, 6.45) is 0.707. The molecule has 7 heteroatoms. The molecular formula is C25H30N2O5. The van der Waals surface area contributed by atoms with Gasteiger partial charge in [-0.2, -0.15) is 0 Å². The molecule has 2 aromatic rings. The van der Waals surface area contributed by atoms with Gasteiger partial charge in [-0.05, 0) is 57.7 Å². The SMILES string of the molecule is COc1ccc(/C(O)=C2/C(=O)C(=O)N(CCCN(C)C)C2c2cccc(C)c2)cc1OC. The van der Waals surface area contributed by atoms with Gasteiger partial charge < -0.3 is 24.4 Å². The lowest BCUT2D eigenvalue weighted by Gasteiger charge is -2.26. The molecule has 1 unspecified atom stereocenters. The van der Waals surface area contributed by atoms with Crippen LogP contribution in [0.2, 0.25) is 0 Å². The Hall–Kier alpha value is -3.32. The van der Waals surface area contributed by atoms with Gasteiger partial charge in [0.2, 0.25) is 0 Å². The molecule has 0 spiro atoms. The second-order valence-corrected chi connectivity index (χ2v) is 8.13. The Morgan fingerprint density at radius 2 is 1.78 bits per heavy atom. The minimum atomic E-state index is -0.686. The van der Waals surface area contributed by atoms with Gasteiger partial charge in [0.25, 0.3) is 11.7 Å². The number of rotatable bonds is 8. The summed E-state index contributed by atoms with van der Waals surface area (Å²) >= 11 is 0. The predicted molar refractivity (Wildman–Crippen MR) is 123 cm³/mol. The summed E-state index contributed by atoms with van der Waals surface area (Å²) in [5.74, 6) is -0.593. The van der Waals surface area contributed by atoms with Crippen molar-refractivity contribution in [2.75, 3.05) is 41.4 Å². The summed E-state index contributed by atoms with van der Waals surface area (Å²) in [4.78, 5) is 29.7. The quantitative estimate of drug-likeness (QED) is 0.387. The summed E-state index contributed by atoms with van der Waals surface area (Å²) < 4.78 is 10.6. The highest BCUT2D eigenvalue weighted by atomic mass is 16.5. The van der Waals surface area contributed by atoms with Crippen molar-refractivity contribution in [2.45, 2.75) is 19.4 Å². The van der Waals surface area contributed by atoms with Gasteiger partial charge in [-0.15, -0.1) is 0 Å². The first-order chi connectivity index (χ1) is 15.3. The minimum Gasteiger partial charge on any atom is -0.507 e. The number of carbonyl (C=O) groups is 2. The number of amides is 1. The van der Waals surface area contributed by atoms with E-state index in [1.165, 1.54) is 14.2 Å². The fourth-order valence-electron chi connectivity index (χ4n) is 3.99. The number of ether oxygens (including phenoxy) is 2. The molecule has 1 aliphatic rings. The number of aliphatic hydroxyl groups is 1. The molecule has 1 aliphatic heterocycles. The van der Waals surface area contributed by atoms with Crippen LogP contribution in [0.1, 0.15) is 29.2 Å². The molecule has 1 saturated heterocycles. The second kappa shape index (κ2) is 9.87. The van der Waals surface area contributed by atoms with E-state index in [1.807, 2.05) is 50.2 Å². The molecule has 1 heterocycles. The Labute approximate surface area is 188 Å². The maximum absolute atomic E-state index is 13.1. The number of ketones is 1. The smallest absolute Gasteiger partial charge is 0.295 e. The van der Waals surface area contributed by atoms with Crippen LogP contribution in [0.3, 0.4) is 0 Å². The fourth-order valence-corrected chi connectivity index (χ4v) is 3.99. The number of aryl methyl sites for hydroxylation is 1. The molecule has 1 atom stereocenters. The Balaban J connectivity index is 2.12. The van der Waals surface area contributed by atoms with E-state index in [-0.39, 0.29) is 11.3 Å². The molecule has 3 rings (SSSR count). The lowest BCUT2D eigenvalue weighted by atomic mass is 9.94. The molecule has 0 aromatic heterocycles. The third-order valence-electron chi connectivity index (χ3n) is 5.56. The van der Waals surface area contributed by atoms with Gasteiger partial charge in [0.15, 0.2) is 11.5 Å². The Bertz CT molecular complexity index is 1040. The average Bonchev–Trinajstić information content (AvgIpc) is 3.02. The highest BCUT2D eigenvalue weighted by molar-refractivity contribution is 6.46. The third kappa shape index (κ3) is 4.62. The van der Waals surface area contributed by atoms with Crippen molar-refractivity contribution in [2.24, 2.45) is 0 Å². The zero-order valence-electron chi connectivity index (χ0n) is 19.2.